The van der Waals surface area contributed by atoms with Crippen LogP contribution in [0.25, 0.3) is 0 Å². The van der Waals surface area contributed by atoms with E-state index in [1.54, 1.807) is 6.07 Å². The Hall–Kier alpha value is -0.900. The number of hydrogen-bond donors (Lipinski definition) is 1. The number of halogens is 2. The molecule has 0 spiro atoms. The van der Waals surface area contributed by atoms with Gasteiger partial charge in [-0.2, -0.15) is 0 Å². The van der Waals surface area contributed by atoms with Crippen molar-refractivity contribution in [3.63, 3.8) is 0 Å². The van der Waals surface area contributed by atoms with Gasteiger partial charge in [0.25, 0.3) is 0 Å². The van der Waals surface area contributed by atoms with Crippen LogP contribution >= 0.6 is 15.9 Å². The number of carboxylic acids is 1. The molecule has 4 heteroatoms. The predicted molar refractivity (Wildman–Crippen MR) is 63.8 cm³/mol. The number of carbonyl (C=O) groups is 1. The van der Waals surface area contributed by atoms with Crippen LogP contribution in [0.4, 0.5) is 4.39 Å². The summed E-state index contributed by atoms with van der Waals surface area (Å²) >= 11 is 3.24. The van der Waals surface area contributed by atoms with Crippen LogP contribution in [0.1, 0.15) is 25.3 Å². The van der Waals surface area contributed by atoms with Gasteiger partial charge >= 0.3 is 5.97 Å². The summed E-state index contributed by atoms with van der Waals surface area (Å²) in [6.07, 6.45) is 1.90. The van der Waals surface area contributed by atoms with Crippen molar-refractivity contribution < 1.29 is 14.3 Å². The van der Waals surface area contributed by atoms with Crippen LogP contribution in [-0.2, 0) is 11.2 Å². The molecular formula is C12H14BrFO2. The first-order valence-corrected chi connectivity index (χ1v) is 6.00. The van der Waals surface area contributed by atoms with Crippen LogP contribution in [0.5, 0.6) is 0 Å². The Morgan fingerprint density at radius 3 is 2.75 bits per heavy atom. The highest BCUT2D eigenvalue weighted by Crippen LogP contribution is 2.23. The fourth-order valence-corrected chi connectivity index (χ4v) is 2.13. The standard InChI is InChI=1S/C12H14BrFO2/c1-2-3-9(12(15)16)6-8-4-5-10(14)7-11(8)13/h4-5,7,9H,2-3,6H2,1H3,(H,15,16). The molecule has 88 valence electrons. The van der Waals surface area contributed by atoms with Gasteiger partial charge in [0.2, 0.25) is 0 Å². The van der Waals surface area contributed by atoms with Crippen molar-refractivity contribution in [1.29, 1.82) is 0 Å². The molecule has 0 aliphatic heterocycles. The van der Waals surface area contributed by atoms with Crippen LogP contribution in [0.2, 0.25) is 0 Å². The van der Waals surface area contributed by atoms with E-state index in [0.29, 0.717) is 17.3 Å². The number of carboxylic acid groups (broad SMARTS) is 1. The van der Waals surface area contributed by atoms with Gasteiger partial charge in [-0.15, -0.1) is 0 Å². The second-order valence-electron chi connectivity index (χ2n) is 3.76. The number of benzene rings is 1. The Balaban J connectivity index is 2.81. The van der Waals surface area contributed by atoms with E-state index in [1.165, 1.54) is 12.1 Å². The van der Waals surface area contributed by atoms with Crippen molar-refractivity contribution in [3.8, 4) is 0 Å². The zero-order valence-corrected chi connectivity index (χ0v) is 10.6. The molecule has 0 aliphatic carbocycles. The number of aliphatic carboxylic acids is 1. The Morgan fingerprint density at radius 2 is 2.25 bits per heavy atom. The molecule has 0 saturated carbocycles. The summed E-state index contributed by atoms with van der Waals surface area (Å²) in [4.78, 5) is 11.0. The van der Waals surface area contributed by atoms with E-state index in [-0.39, 0.29) is 5.82 Å². The van der Waals surface area contributed by atoms with Crippen LogP contribution in [0.15, 0.2) is 22.7 Å². The average molecular weight is 289 g/mol. The van der Waals surface area contributed by atoms with Crippen molar-refractivity contribution in [2.75, 3.05) is 0 Å². The maximum absolute atomic E-state index is 12.8. The van der Waals surface area contributed by atoms with Crippen molar-refractivity contribution in [2.45, 2.75) is 26.2 Å². The highest BCUT2D eigenvalue weighted by atomic mass is 79.9. The zero-order valence-electron chi connectivity index (χ0n) is 9.04. The molecule has 0 saturated heterocycles. The maximum atomic E-state index is 12.8. The first-order chi connectivity index (χ1) is 7.54. The van der Waals surface area contributed by atoms with Gasteiger partial charge in [0.05, 0.1) is 5.92 Å². The summed E-state index contributed by atoms with van der Waals surface area (Å²) < 4.78 is 13.5. The van der Waals surface area contributed by atoms with Gasteiger partial charge in [-0.3, -0.25) is 4.79 Å². The fourth-order valence-electron chi connectivity index (χ4n) is 1.61. The third kappa shape index (κ3) is 3.59. The first kappa shape index (κ1) is 13.2. The van der Waals surface area contributed by atoms with Gasteiger partial charge in [-0.05, 0) is 30.5 Å². The molecule has 1 N–H and O–H groups in total. The van der Waals surface area contributed by atoms with E-state index in [9.17, 15) is 9.18 Å². The second kappa shape index (κ2) is 5.99. The van der Waals surface area contributed by atoms with Crippen molar-refractivity contribution in [1.82, 2.24) is 0 Å². The lowest BCUT2D eigenvalue weighted by atomic mass is 9.95. The van der Waals surface area contributed by atoms with Crippen LogP contribution < -0.4 is 0 Å². The van der Waals surface area contributed by atoms with Crippen LogP contribution in [0.3, 0.4) is 0 Å². The summed E-state index contributed by atoms with van der Waals surface area (Å²) in [5, 5.41) is 9.02. The lowest BCUT2D eigenvalue weighted by Gasteiger charge is -2.12. The molecule has 16 heavy (non-hydrogen) atoms. The van der Waals surface area contributed by atoms with E-state index in [0.717, 1.165) is 12.0 Å². The molecule has 1 unspecified atom stereocenters. The normalized spacial score (nSPS) is 12.4. The highest BCUT2D eigenvalue weighted by molar-refractivity contribution is 9.10. The fraction of sp³-hybridized carbons (Fsp3) is 0.417. The maximum Gasteiger partial charge on any atom is 0.306 e. The Bertz CT molecular complexity index is 379. The summed E-state index contributed by atoms with van der Waals surface area (Å²) in [5.74, 6) is -1.51. The Morgan fingerprint density at radius 1 is 1.56 bits per heavy atom. The molecule has 0 fully saturated rings. The molecule has 0 bridgehead atoms. The van der Waals surface area contributed by atoms with E-state index >= 15 is 0 Å². The smallest absolute Gasteiger partial charge is 0.306 e. The summed E-state index contributed by atoms with van der Waals surface area (Å²) in [5.41, 5.74) is 0.835. The molecule has 2 nitrogen and oxygen atoms in total. The SMILES string of the molecule is CCCC(Cc1ccc(F)cc1Br)C(=O)O. The Labute approximate surface area is 103 Å². The molecule has 1 rings (SSSR count). The minimum Gasteiger partial charge on any atom is -0.481 e. The summed E-state index contributed by atoms with van der Waals surface area (Å²) in [6, 6.07) is 4.34. The molecule has 1 aromatic carbocycles. The largest absolute Gasteiger partial charge is 0.481 e. The summed E-state index contributed by atoms with van der Waals surface area (Å²) in [7, 11) is 0. The van der Waals surface area contributed by atoms with Gasteiger partial charge in [-0.25, -0.2) is 4.39 Å². The molecule has 0 amide bonds. The minimum atomic E-state index is -0.793. The number of rotatable bonds is 5. The summed E-state index contributed by atoms with van der Waals surface area (Å²) in [6.45, 7) is 1.95. The number of hydrogen-bond acceptors (Lipinski definition) is 1. The van der Waals surface area contributed by atoms with Crippen molar-refractivity contribution in [2.24, 2.45) is 5.92 Å². The van der Waals surface area contributed by atoms with Crippen molar-refractivity contribution in [3.05, 3.63) is 34.1 Å². The molecular weight excluding hydrogens is 275 g/mol. The van der Waals surface area contributed by atoms with Crippen LogP contribution in [-0.4, -0.2) is 11.1 Å². The van der Waals surface area contributed by atoms with Crippen molar-refractivity contribution >= 4 is 21.9 Å². The lowest BCUT2D eigenvalue weighted by molar-refractivity contribution is -0.141. The second-order valence-corrected chi connectivity index (χ2v) is 4.62. The van der Waals surface area contributed by atoms with E-state index in [2.05, 4.69) is 15.9 Å². The quantitative estimate of drug-likeness (QED) is 0.898. The average Bonchev–Trinajstić information content (AvgIpc) is 2.20. The van der Waals surface area contributed by atoms with E-state index in [4.69, 9.17) is 5.11 Å². The molecule has 1 atom stereocenters. The lowest BCUT2D eigenvalue weighted by Crippen LogP contribution is -2.16. The predicted octanol–water partition coefficient (Wildman–Crippen LogP) is 3.63. The molecule has 0 aliphatic rings. The zero-order chi connectivity index (χ0) is 12.1. The minimum absolute atomic E-state index is 0.321. The molecule has 0 radical (unpaired) electrons. The van der Waals surface area contributed by atoms with Gasteiger partial charge in [0, 0.05) is 4.47 Å². The third-order valence-corrected chi connectivity index (χ3v) is 3.21. The van der Waals surface area contributed by atoms with E-state index in [1.807, 2.05) is 6.92 Å². The molecule has 0 heterocycles. The van der Waals surface area contributed by atoms with Gasteiger partial charge < -0.3 is 5.11 Å². The van der Waals surface area contributed by atoms with E-state index < -0.39 is 11.9 Å². The monoisotopic (exact) mass is 288 g/mol. The van der Waals surface area contributed by atoms with Crippen LogP contribution in [0, 0.1) is 11.7 Å². The highest BCUT2D eigenvalue weighted by Gasteiger charge is 2.18. The Kier molecular flexibility index (Phi) is 4.93. The van der Waals surface area contributed by atoms with Gasteiger partial charge in [0.15, 0.2) is 0 Å². The topological polar surface area (TPSA) is 37.3 Å². The third-order valence-electron chi connectivity index (χ3n) is 2.47. The molecule has 0 aromatic heterocycles. The first-order valence-electron chi connectivity index (χ1n) is 5.21. The molecule has 1 aromatic rings. The van der Waals surface area contributed by atoms with Gasteiger partial charge in [-0.1, -0.05) is 35.3 Å². The van der Waals surface area contributed by atoms with Gasteiger partial charge in [0.1, 0.15) is 5.82 Å².